The summed E-state index contributed by atoms with van der Waals surface area (Å²) in [5.74, 6) is 1.05. The summed E-state index contributed by atoms with van der Waals surface area (Å²) in [6.07, 6.45) is 11.1. The van der Waals surface area contributed by atoms with Crippen molar-refractivity contribution in [1.29, 1.82) is 0 Å². The van der Waals surface area contributed by atoms with E-state index in [1.165, 1.54) is 37.4 Å². The first kappa shape index (κ1) is 26.5. The number of thiophene rings is 1. The topological polar surface area (TPSA) is 39.3 Å². The molecule has 3 aliphatic rings. The first-order valence-corrected chi connectivity index (χ1v) is 15.8. The van der Waals surface area contributed by atoms with Gasteiger partial charge in [0.25, 0.3) is 0 Å². The number of anilines is 2. The van der Waals surface area contributed by atoms with Gasteiger partial charge in [0.2, 0.25) is 0 Å². The Labute approximate surface area is 262 Å². The minimum Gasteiger partial charge on any atom is -0.367 e. The summed E-state index contributed by atoms with van der Waals surface area (Å²) in [7, 11) is 0. The Morgan fingerprint density at radius 1 is 0.773 bits per heavy atom. The number of nitrogens with zero attached hydrogens (tertiary/aromatic N) is 1. The number of nitrogens with one attached hydrogen (secondary N) is 3. The van der Waals surface area contributed by atoms with Crippen molar-refractivity contribution in [3.05, 3.63) is 174 Å². The molecule has 44 heavy (non-hydrogen) atoms. The molecule has 0 radical (unpaired) electrons. The monoisotopic (exact) mass is 588 g/mol. The molecule has 214 valence electrons. The smallest absolute Gasteiger partial charge is 0.111 e. The fourth-order valence-corrected chi connectivity index (χ4v) is 7.50. The summed E-state index contributed by atoms with van der Waals surface area (Å²) in [5, 5.41) is 13.9. The van der Waals surface area contributed by atoms with Crippen molar-refractivity contribution in [2.75, 3.05) is 11.4 Å². The highest BCUT2D eigenvalue weighted by atomic mass is 32.1. The van der Waals surface area contributed by atoms with Crippen LogP contribution >= 0.6 is 11.3 Å². The molecule has 0 saturated carbocycles. The summed E-state index contributed by atoms with van der Waals surface area (Å²) in [4.78, 5) is 2.38. The second-order valence-electron chi connectivity index (χ2n) is 11.3. The highest BCUT2D eigenvalue weighted by Crippen LogP contribution is 2.47. The van der Waals surface area contributed by atoms with Crippen LogP contribution in [0.3, 0.4) is 0 Å². The molecular weight excluding hydrogens is 557 g/mol. The number of para-hydroxylation sites is 1. The molecule has 4 aromatic carbocycles. The van der Waals surface area contributed by atoms with Crippen molar-refractivity contribution in [3.63, 3.8) is 0 Å². The Morgan fingerprint density at radius 2 is 1.52 bits per heavy atom. The number of hydrogen-bond acceptors (Lipinski definition) is 5. The molecule has 0 spiro atoms. The zero-order valence-electron chi connectivity index (χ0n) is 24.2. The van der Waals surface area contributed by atoms with E-state index in [1.54, 1.807) is 0 Å². The zero-order chi connectivity index (χ0) is 29.5. The van der Waals surface area contributed by atoms with Gasteiger partial charge in [-0.2, -0.15) is 0 Å². The SMILES string of the molecule is C=C1/C=C\c2c(sc3ccccc23)N(C2=CC=C(C3NC(c4ccccc4)=CC(c4ccccc4)N3)CN2)c2ccccc21. The molecular formula is C39H32N4S. The van der Waals surface area contributed by atoms with Gasteiger partial charge in [-0.25, -0.2) is 0 Å². The van der Waals surface area contributed by atoms with Gasteiger partial charge in [0.05, 0.1) is 11.7 Å². The minimum absolute atomic E-state index is 0.0343. The Hall–Kier alpha value is -5.10. The van der Waals surface area contributed by atoms with Gasteiger partial charge in [0, 0.05) is 33.5 Å². The van der Waals surface area contributed by atoms with Crippen LogP contribution in [-0.4, -0.2) is 12.7 Å². The largest absolute Gasteiger partial charge is 0.367 e. The molecule has 2 atom stereocenters. The van der Waals surface area contributed by atoms with Crippen molar-refractivity contribution in [2.24, 2.45) is 0 Å². The molecule has 3 aliphatic heterocycles. The number of dihydropyridines is 1. The summed E-state index contributed by atoms with van der Waals surface area (Å²) in [6, 6.07) is 38.5. The normalized spacial score (nSPS) is 20.1. The van der Waals surface area contributed by atoms with Crippen molar-refractivity contribution in [2.45, 2.75) is 12.2 Å². The lowest BCUT2D eigenvalue weighted by atomic mass is 9.97. The molecule has 5 heteroatoms. The minimum atomic E-state index is -0.0343. The fraction of sp³-hybridized carbons (Fsp3) is 0.0769. The highest BCUT2D eigenvalue weighted by molar-refractivity contribution is 7.23. The Bertz CT molecular complexity index is 2000. The molecule has 0 saturated heterocycles. The van der Waals surface area contributed by atoms with Crippen molar-refractivity contribution >= 4 is 49.5 Å². The van der Waals surface area contributed by atoms with Crippen molar-refractivity contribution in [3.8, 4) is 0 Å². The third-order valence-electron chi connectivity index (χ3n) is 8.52. The van der Waals surface area contributed by atoms with Crippen LogP contribution < -0.4 is 20.9 Å². The van der Waals surface area contributed by atoms with E-state index in [9.17, 15) is 0 Å². The van der Waals surface area contributed by atoms with Gasteiger partial charge >= 0.3 is 0 Å². The molecule has 0 amide bonds. The Morgan fingerprint density at radius 3 is 2.34 bits per heavy atom. The molecule has 3 N–H and O–H groups in total. The molecule has 0 aliphatic carbocycles. The van der Waals surface area contributed by atoms with Crippen LogP contribution in [0, 0.1) is 0 Å². The molecule has 0 bridgehead atoms. The second-order valence-corrected chi connectivity index (χ2v) is 12.3. The van der Waals surface area contributed by atoms with E-state index in [1.807, 2.05) is 11.3 Å². The quantitative estimate of drug-likeness (QED) is 0.196. The number of allylic oxidation sites excluding steroid dienone is 4. The summed E-state index contributed by atoms with van der Waals surface area (Å²) >= 11 is 1.82. The van der Waals surface area contributed by atoms with Gasteiger partial charge in [-0.05, 0) is 46.6 Å². The Kier molecular flexibility index (Phi) is 6.75. The van der Waals surface area contributed by atoms with E-state index in [4.69, 9.17) is 0 Å². The van der Waals surface area contributed by atoms with Gasteiger partial charge in [-0.3, -0.25) is 10.2 Å². The van der Waals surface area contributed by atoms with Gasteiger partial charge < -0.3 is 10.6 Å². The maximum absolute atomic E-state index is 4.43. The molecule has 2 unspecified atom stereocenters. The predicted octanol–water partition coefficient (Wildman–Crippen LogP) is 8.75. The highest BCUT2D eigenvalue weighted by Gasteiger charge is 2.29. The lowest BCUT2D eigenvalue weighted by Crippen LogP contribution is -2.50. The molecule has 8 rings (SSSR count). The second kappa shape index (κ2) is 11.2. The lowest BCUT2D eigenvalue weighted by Gasteiger charge is -2.37. The van der Waals surface area contributed by atoms with E-state index in [-0.39, 0.29) is 12.2 Å². The van der Waals surface area contributed by atoms with Gasteiger partial charge in [-0.1, -0.05) is 122 Å². The zero-order valence-corrected chi connectivity index (χ0v) is 25.0. The molecule has 4 heterocycles. The van der Waals surface area contributed by atoms with Gasteiger partial charge in [0.15, 0.2) is 0 Å². The van der Waals surface area contributed by atoms with Crippen molar-refractivity contribution in [1.82, 2.24) is 16.0 Å². The summed E-state index contributed by atoms with van der Waals surface area (Å²) in [5.41, 5.74) is 9.29. The van der Waals surface area contributed by atoms with Crippen LogP contribution in [0.15, 0.2) is 151 Å². The van der Waals surface area contributed by atoms with Gasteiger partial charge in [-0.15, -0.1) is 11.3 Å². The third kappa shape index (κ3) is 4.77. The predicted molar refractivity (Wildman–Crippen MR) is 186 cm³/mol. The van der Waals surface area contributed by atoms with Crippen LogP contribution in [0.5, 0.6) is 0 Å². The van der Waals surface area contributed by atoms with Crippen LogP contribution in [0.1, 0.15) is 28.3 Å². The average molecular weight is 589 g/mol. The first-order valence-electron chi connectivity index (χ1n) is 15.0. The van der Waals surface area contributed by atoms with Gasteiger partial charge in [0.1, 0.15) is 17.0 Å². The maximum atomic E-state index is 4.43. The van der Waals surface area contributed by atoms with E-state index in [0.717, 1.165) is 28.3 Å². The van der Waals surface area contributed by atoms with E-state index in [0.29, 0.717) is 6.54 Å². The number of benzene rings is 4. The van der Waals surface area contributed by atoms with Crippen LogP contribution in [0.25, 0.3) is 27.4 Å². The fourth-order valence-electron chi connectivity index (χ4n) is 6.28. The Balaban J connectivity index is 1.19. The number of rotatable bonds is 4. The van der Waals surface area contributed by atoms with E-state index in [2.05, 4.69) is 167 Å². The van der Waals surface area contributed by atoms with E-state index < -0.39 is 0 Å². The third-order valence-corrected chi connectivity index (χ3v) is 9.69. The number of fused-ring (bicyclic) bond motifs is 4. The summed E-state index contributed by atoms with van der Waals surface area (Å²) < 4.78 is 1.27. The molecule has 4 nitrogen and oxygen atoms in total. The number of hydrogen-bond donors (Lipinski definition) is 3. The van der Waals surface area contributed by atoms with Crippen LogP contribution in [-0.2, 0) is 0 Å². The first-order chi connectivity index (χ1) is 21.7. The van der Waals surface area contributed by atoms with Crippen LogP contribution in [0.4, 0.5) is 10.7 Å². The lowest BCUT2D eigenvalue weighted by molar-refractivity contribution is 0.465. The van der Waals surface area contributed by atoms with Crippen molar-refractivity contribution < 1.29 is 0 Å². The molecule has 5 aromatic rings. The van der Waals surface area contributed by atoms with E-state index >= 15 is 0 Å². The standard InChI is InChI=1S/C39H32N4S/c1-26-20-22-32-31-17-9-11-19-36(31)44-39(32)43(35-18-10-8-16-30(26)35)37-23-21-29(25-40-37)38-41-33(27-12-4-2-5-13-27)24-34(42-38)28-14-6-3-7-15-28/h2-24,33,38,40-42H,1,25H2/b22-20-. The van der Waals surface area contributed by atoms with Crippen LogP contribution in [0.2, 0.25) is 0 Å². The summed E-state index contributed by atoms with van der Waals surface area (Å²) in [6.45, 7) is 5.13. The average Bonchev–Trinajstić information content (AvgIpc) is 3.45. The molecule has 1 aromatic heterocycles. The molecule has 0 fully saturated rings. The maximum Gasteiger partial charge on any atom is 0.111 e.